The number of aliphatic hydroxyl groups excluding tert-OH is 1. The summed E-state index contributed by atoms with van der Waals surface area (Å²) in [5.41, 5.74) is -3.06. The zero-order valence-electron chi connectivity index (χ0n) is 22.0. The van der Waals surface area contributed by atoms with Gasteiger partial charge in [-0.15, -0.1) is 0 Å². The number of hydrogen-bond acceptors (Lipinski definition) is 5. The first kappa shape index (κ1) is 28.9. The second-order valence-electron chi connectivity index (χ2n) is 11.0. The lowest BCUT2D eigenvalue weighted by molar-refractivity contribution is -0.167. The highest BCUT2D eigenvalue weighted by Crippen LogP contribution is 2.47. The lowest BCUT2D eigenvalue weighted by Gasteiger charge is -2.42. The number of rotatable bonds is 7. The number of nitrogens with zero attached hydrogens (tertiary/aromatic N) is 3. The van der Waals surface area contributed by atoms with E-state index in [4.69, 9.17) is 16.3 Å². The molecule has 1 fully saturated rings. The molecule has 1 aliphatic heterocycles. The predicted molar refractivity (Wildman–Crippen MR) is 135 cm³/mol. The normalized spacial score (nSPS) is 20.8. The van der Waals surface area contributed by atoms with Crippen LogP contribution in [0.2, 0.25) is 5.15 Å². The van der Waals surface area contributed by atoms with Crippen LogP contribution in [0.3, 0.4) is 0 Å². The van der Waals surface area contributed by atoms with Crippen LogP contribution in [0.5, 0.6) is 0 Å². The van der Waals surface area contributed by atoms with Gasteiger partial charge in [0.15, 0.2) is 5.69 Å². The number of carbonyl (C=O) groups is 1. The lowest BCUT2D eigenvalue weighted by atomic mass is 9.76. The molecule has 6 nitrogen and oxygen atoms in total. The molecule has 2 aliphatic rings. The Morgan fingerprint density at radius 3 is 2.51 bits per heavy atom. The Morgan fingerprint density at radius 1 is 1.28 bits per heavy atom. The van der Waals surface area contributed by atoms with E-state index in [9.17, 15) is 32.7 Å². The van der Waals surface area contributed by atoms with Gasteiger partial charge < -0.3 is 9.84 Å². The minimum absolute atomic E-state index is 0.0556. The first-order valence-corrected chi connectivity index (χ1v) is 13.2. The highest BCUT2D eigenvalue weighted by molar-refractivity contribution is 6.30. The van der Waals surface area contributed by atoms with Crippen molar-refractivity contribution in [2.75, 3.05) is 0 Å². The van der Waals surface area contributed by atoms with E-state index in [1.54, 1.807) is 26.0 Å². The van der Waals surface area contributed by atoms with Crippen molar-refractivity contribution in [3.05, 3.63) is 62.9 Å². The third-order valence-corrected chi connectivity index (χ3v) is 8.44. The van der Waals surface area contributed by atoms with Crippen LogP contribution in [0.25, 0.3) is 0 Å². The number of aromatic nitrogens is 2. The van der Waals surface area contributed by atoms with Crippen molar-refractivity contribution in [3.63, 3.8) is 0 Å². The van der Waals surface area contributed by atoms with Gasteiger partial charge in [0.2, 0.25) is 0 Å². The van der Waals surface area contributed by atoms with Crippen LogP contribution in [0.15, 0.2) is 29.5 Å². The van der Waals surface area contributed by atoms with E-state index in [2.05, 4.69) is 11.2 Å². The second-order valence-corrected chi connectivity index (χ2v) is 11.4. The fourth-order valence-electron chi connectivity index (χ4n) is 5.73. The summed E-state index contributed by atoms with van der Waals surface area (Å²) in [5.74, 6) is -1.78. The summed E-state index contributed by atoms with van der Waals surface area (Å²) in [5, 5.41) is 23.5. The molecule has 2 aromatic rings. The average molecular weight is 568 g/mol. The SMILES string of the molecule is Cn1nc(C(F)(F)F)c(CC2=C(O)CC(CCc3ccc(C(C)(C)C#N)c(F)c3)(C3CCCC3)OC2=O)c1Cl. The fraction of sp³-hybridized carbons (Fsp3) is 0.536. The van der Waals surface area contributed by atoms with E-state index < -0.39 is 46.7 Å². The van der Waals surface area contributed by atoms with Crippen molar-refractivity contribution < 1.29 is 32.2 Å². The molecule has 0 amide bonds. The molecule has 210 valence electrons. The third kappa shape index (κ3) is 5.65. The molecule has 39 heavy (non-hydrogen) atoms. The highest BCUT2D eigenvalue weighted by Gasteiger charge is 2.49. The van der Waals surface area contributed by atoms with Crippen LogP contribution >= 0.6 is 11.6 Å². The number of esters is 1. The topological polar surface area (TPSA) is 88.1 Å². The molecule has 1 N–H and O–H groups in total. The predicted octanol–water partition coefficient (Wildman–Crippen LogP) is 6.90. The van der Waals surface area contributed by atoms with E-state index in [0.717, 1.165) is 30.4 Å². The van der Waals surface area contributed by atoms with Gasteiger partial charge in [-0.2, -0.15) is 23.5 Å². The number of aryl methyl sites for hydroxylation is 2. The van der Waals surface area contributed by atoms with Crippen molar-refractivity contribution in [1.29, 1.82) is 5.26 Å². The maximum absolute atomic E-state index is 14.8. The van der Waals surface area contributed by atoms with Crippen molar-refractivity contribution in [2.45, 2.75) is 82.4 Å². The molecular formula is C28H30ClF4N3O3. The summed E-state index contributed by atoms with van der Waals surface area (Å²) in [4.78, 5) is 13.2. The molecule has 0 radical (unpaired) electrons. The molecule has 11 heteroatoms. The molecule has 1 aromatic carbocycles. The van der Waals surface area contributed by atoms with Gasteiger partial charge in [-0.1, -0.05) is 36.6 Å². The van der Waals surface area contributed by atoms with Crippen molar-refractivity contribution in [1.82, 2.24) is 9.78 Å². The Morgan fingerprint density at radius 2 is 1.95 bits per heavy atom. The number of hydrogen-bond donors (Lipinski definition) is 1. The molecule has 1 saturated carbocycles. The minimum Gasteiger partial charge on any atom is -0.512 e. The molecule has 4 rings (SSSR count). The smallest absolute Gasteiger partial charge is 0.435 e. The molecule has 1 atom stereocenters. The summed E-state index contributed by atoms with van der Waals surface area (Å²) >= 11 is 6.07. The number of halogens is 5. The van der Waals surface area contributed by atoms with Crippen molar-refractivity contribution in [3.8, 4) is 6.07 Å². The van der Waals surface area contributed by atoms with E-state index in [-0.39, 0.29) is 34.4 Å². The summed E-state index contributed by atoms with van der Waals surface area (Å²) in [6, 6.07) is 6.76. The van der Waals surface area contributed by atoms with Crippen LogP contribution in [-0.4, -0.2) is 26.5 Å². The van der Waals surface area contributed by atoms with E-state index in [1.807, 2.05) is 0 Å². The molecule has 0 spiro atoms. The maximum Gasteiger partial charge on any atom is 0.435 e. The molecule has 1 unspecified atom stereocenters. The van der Waals surface area contributed by atoms with Crippen LogP contribution < -0.4 is 0 Å². The minimum atomic E-state index is -4.80. The van der Waals surface area contributed by atoms with Crippen LogP contribution in [0.1, 0.15) is 74.8 Å². The Balaban J connectivity index is 1.62. The largest absolute Gasteiger partial charge is 0.512 e. The fourth-order valence-corrected chi connectivity index (χ4v) is 5.93. The quantitative estimate of drug-likeness (QED) is 0.290. The van der Waals surface area contributed by atoms with Gasteiger partial charge in [0.05, 0.1) is 17.1 Å². The van der Waals surface area contributed by atoms with Gasteiger partial charge in [-0.05, 0) is 57.1 Å². The molecule has 0 saturated heterocycles. The van der Waals surface area contributed by atoms with Gasteiger partial charge in [0.25, 0.3) is 0 Å². The molecule has 0 bridgehead atoms. The summed E-state index contributed by atoms with van der Waals surface area (Å²) in [6.07, 6.45) is -1.41. The summed E-state index contributed by atoms with van der Waals surface area (Å²) in [7, 11) is 1.26. The van der Waals surface area contributed by atoms with Crippen molar-refractivity contribution in [2.24, 2.45) is 13.0 Å². The van der Waals surface area contributed by atoms with Crippen LogP contribution in [0.4, 0.5) is 17.6 Å². The van der Waals surface area contributed by atoms with Crippen LogP contribution in [-0.2, 0) is 41.0 Å². The Hall–Kier alpha value is -3.06. The molecule has 1 aliphatic carbocycles. The average Bonchev–Trinajstić information content (AvgIpc) is 3.49. The van der Waals surface area contributed by atoms with Gasteiger partial charge in [0.1, 0.15) is 22.3 Å². The maximum atomic E-state index is 14.8. The Bertz CT molecular complexity index is 1350. The third-order valence-electron chi connectivity index (χ3n) is 7.97. The Labute approximate surface area is 229 Å². The number of benzene rings is 1. The van der Waals surface area contributed by atoms with Gasteiger partial charge in [0, 0.05) is 31.0 Å². The standard InChI is InChI=1S/C28H30ClF4N3O3/c1-26(2,15-34)20-9-8-16(12-21(20)30)10-11-27(17-6-4-5-7-17)14-22(37)18(25(38)39-27)13-19-23(28(31,32)33)35-36(3)24(19)29/h8-9,12,17,37H,4-7,10-11,13-14H2,1-3H3. The van der Waals surface area contributed by atoms with E-state index in [0.29, 0.717) is 18.4 Å². The monoisotopic (exact) mass is 567 g/mol. The zero-order chi connectivity index (χ0) is 28.8. The van der Waals surface area contributed by atoms with Gasteiger partial charge in [-0.25, -0.2) is 9.18 Å². The van der Waals surface area contributed by atoms with Crippen LogP contribution in [0, 0.1) is 23.1 Å². The van der Waals surface area contributed by atoms with E-state index >= 15 is 0 Å². The second kappa shape index (κ2) is 10.5. The molecule has 1 aromatic heterocycles. The highest BCUT2D eigenvalue weighted by atomic mass is 35.5. The lowest BCUT2D eigenvalue weighted by Crippen LogP contribution is -2.46. The first-order valence-electron chi connectivity index (χ1n) is 12.8. The zero-order valence-corrected chi connectivity index (χ0v) is 22.7. The van der Waals surface area contributed by atoms with Crippen molar-refractivity contribution >= 4 is 17.6 Å². The first-order chi connectivity index (χ1) is 18.2. The number of carbonyl (C=O) groups excluding carboxylic acids is 1. The van der Waals surface area contributed by atoms with Gasteiger partial charge in [-0.3, -0.25) is 4.68 Å². The Kier molecular flexibility index (Phi) is 7.78. The number of ether oxygens (including phenoxy) is 1. The number of cyclic esters (lactones) is 1. The van der Waals surface area contributed by atoms with Gasteiger partial charge >= 0.3 is 12.1 Å². The summed E-state index contributed by atoms with van der Waals surface area (Å²) < 4.78 is 62.3. The molecular weight excluding hydrogens is 538 g/mol. The molecule has 2 heterocycles. The van der Waals surface area contributed by atoms with E-state index in [1.165, 1.54) is 13.1 Å². The number of alkyl halides is 3. The number of aliphatic hydroxyl groups is 1. The number of nitriles is 1. The summed E-state index contributed by atoms with van der Waals surface area (Å²) in [6.45, 7) is 3.26.